The molecule has 1 aliphatic heterocycles. The average Bonchev–Trinajstić information content (AvgIpc) is 3.22. The molecule has 5 rings (SSSR count). The molecule has 1 unspecified atom stereocenters. The largest absolute Gasteiger partial charge is 0.328 e. The second-order valence-electron chi connectivity index (χ2n) is 8.01. The lowest BCUT2D eigenvalue weighted by molar-refractivity contribution is -0.113. The fourth-order valence-corrected chi connectivity index (χ4v) is 4.47. The van der Waals surface area contributed by atoms with Crippen LogP contribution in [-0.4, -0.2) is 20.7 Å². The Morgan fingerprint density at radius 2 is 1.79 bits per heavy atom. The predicted molar refractivity (Wildman–Crippen MR) is 134 cm³/mol. The highest BCUT2D eigenvalue weighted by molar-refractivity contribution is 9.10. The summed E-state index contributed by atoms with van der Waals surface area (Å²) in [5.74, 6) is 1.03. The maximum absolute atomic E-state index is 13.5. The molecule has 7 heteroatoms. The first-order valence-electron chi connectivity index (χ1n) is 10.6. The minimum Gasteiger partial charge on any atom is -0.328 e. The molecule has 0 radical (unpaired) electrons. The number of rotatable bonds is 4. The number of carbonyl (C=O) groups is 1. The van der Waals surface area contributed by atoms with E-state index in [4.69, 9.17) is 10.1 Å². The summed E-state index contributed by atoms with van der Waals surface area (Å²) in [6.45, 7) is 3.94. The first-order chi connectivity index (χ1) is 16.0. The number of nitrogens with zero attached hydrogens (tertiary/aromatic N) is 3. The summed E-state index contributed by atoms with van der Waals surface area (Å²) in [6.07, 6.45) is 0. The number of fused-ring (bicyclic) bond motifs is 1. The highest BCUT2D eigenvalue weighted by Crippen LogP contribution is 2.37. The van der Waals surface area contributed by atoms with Gasteiger partial charge in [0, 0.05) is 21.4 Å². The summed E-state index contributed by atoms with van der Waals surface area (Å²) in [4.78, 5) is 18.2. The van der Waals surface area contributed by atoms with Gasteiger partial charge in [-0.15, -0.1) is 5.10 Å². The number of nitrogens with one attached hydrogen (secondary N) is 2. The van der Waals surface area contributed by atoms with E-state index in [0.717, 1.165) is 32.5 Å². The molecule has 1 amide bonds. The van der Waals surface area contributed by atoms with Gasteiger partial charge in [-0.3, -0.25) is 4.79 Å². The van der Waals surface area contributed by atoms with Gasteiger partial charge in [-0.05, 0) is 49.7 Å². The molecule has 0 spiro atoms. The molecule has 164 valence electrons. The van der Waals surface area contributed by atoms with Crippen molar-refractivity contribution in [2.24, 2.45) is 0 Å². The molecule has 2 N–H and O–H groups in total. The van der Waals surface area contributed by atoms with E-state index in [1.807, 2.05) is 86.6 Å². The zero-order valence-corrected chi connectivity index (χ0v) is 19.8. The Labute approximate surface area is 200 Å². The van der Waals surface area contributed by atoms with Crippen molar-refractivity contribution in [2.75, 3.05) is 10.6 Å². The van der Waals surface area contributed by atoms with Crippen LogP contribution in [0, 0.1) is 6.92 Å². The van der Waals surface area contributed by atoms with Crippen LogP contribution < -0.4 is 10.6 Å². The maximum Gasteiger partial charge on any atom is 0.255 e. The summed E-state index contributed by atoms with van der Waals surface area (Å²) < 4.78 is 2.73. The van der Waals surface area contributed by atoms with Crippen LogP contribution in [0.4, 0.5) is 11.6 Å². The van der Waals surface area contributed by atoms with Gasteiger partial charge in [-0.2, -0.15) is 4.98 Å². The third-order valence-electron chi connectivity index (χ3n) is 5.57. The van der Waals surface area contributed by atoms with Gasteiger partial charge in [0.2, 0.25) is 5.95 Å². The zero-order chi connectivity index (χ0) is 22.9. The molecule has 1 aliphatic rings. The van der Waals surface area contributed by atoms with Crippen molar-refractivity contribution in [1.29, 1.82) is 0 Å². The molecule has 0 bridgehead atoms. The molecule has 0 aliphatic carbocycles. The molecule has 0 saturated heterocycles. The number of hydrogen-bond donors (Lipinski definition) is 2. The quantitative estimate of drug-likeness (QED) is 0.364. The van der Waals surface area contributed by atoms with E-state index in [1.165, 1.54) is 0 Å². The molecule has 0 fully saturated rings. The topological polar surface area (TPSA) is 71.8 Å². The number of halogens is 1. The Hall–Kier alpha value is -3.71. The van der Waals surface area contributed by atoms with Crippen molar-refractivity contribution in [3.8, 4) is 11.4 Å². The Morgan fingerprint density at radius 1 is 1.00 bits per heavy atom. The van der Waals surface area contributed by atoms with Crippen LogP contribution in [0.5, 0.6) is 0 Å². The molecule has 1 atom stereocenters. The summed E-state index contributed by atoms with van der Waals surface area (Å²) >= 11 is 3.57. The summed E-state index contributed by atoms with van der Waals surface area (Å²) in [6, 6.07) is 25.0. The zero-order valence-electron chi connectivity index (χ0n) is 18.2. The van der Waals surface area contributed by atoms with E-state index >= 15 is 0 Å². The molecule has 6 nitrogen and oxygen atoms in total. The minimum atomic E-state index is -0.437. The molecular formula is C26H22BrN5O. The highest BCUT2D eigenvalue weighted by atomic mass is 79.9. The Balaban J connectivity index is 1.62. The van der Waals surface area contributed by atoms with E-state index in [1.54, 1.807) is 4.68 Å². The van der Waals surface area contributed by atoms with Crippen LogP contribution in [0.3, 0.4) is 0 Å². The predicted octanol–water partition coefficient (Wildman–Crippen LogP) is 5.94. The Kier molecular flexibility index (Phi) is 5.56. The lowest BCUT2D eigenvalue weighted by Gasteiger charge is -2.28. The first kappa shape index (κ1) is 21.2. The number of allylic oxidation sites excluding steroid dienone is 1. The van der Waals surface area contributed by atoms with E-state index in [2.05, 4.69) is 32.6 Å². The minimum absolute atomic E-state index is 0.186. The highest BCUT2D eigenvalue weighted by Gasteiger charge is 2.34. The van der Waals surface area contributed by atoms with Crippen LogP contribution >= 0.6 is 15.9 Å². The number of aromatic nitrogens is 3. The number of anilines is 2. The van der Waals surface area contributed by atoms with E-state index in [-0.39, 0.29) is 5.91 Å². The second kappa shape index (κ2) is 8.67. The number of hydrogen-bond acceptors (Lipinski definition) is 4. The van der Waals surface area contributed by atoms with Gasteiger partial charge in [-0.1, -0.05) is 70.0 Å². The summed E-state index contributed by atoms with van der Waals surface area (Å²) in [5.41, 5.74) is 5.06. The van der Waals surface area contributed by atoms with Crippen LogP contribution in [0.1, 0.15) is 24.1 Å². The third-order valence-corrected chi connectivity index (χ3v) is 6.06. The van der Waals surface area contributed by atoms with Gasteiger partial charge >= 0.3 is 0 Å². The SMILES string of the molecule is CC1=C(C(=O)Nc2ccccc2)C(c2cccc(Br)c2)n2nc(-c3cccc(C)c3)nc2N1. The number of aryl methyl sites for hydroxylation is 1. The number of benzene rings is 3. The van der Waals surface area contributed by atoms with Gasteiger partial charge in [0.25, 0.3) is 5.91 Å². The second-order valence-corrected chi connectivity index (χ2v) is 8.93. The standard InChI is InChI=1S/C26H22BrN5O/c1-16-8-6-10-19(14-16)24-30-26-28-17(2)22(25(33)29-21-12-4-3-5-13-21)23(32(26)31-24)18-9-7-11-20(27)15-18/h3-15,23H,1-2H3,(H,29,33)(H,28,30,31). The van der Waals surface area contributed by atoms with Crippen molar-refractivity contribution < 1.29 is 4.79 Å². The van der Waals surface area contributed by atoms with E-state index in [0.29, 0.717) is 17.3 Å². The molecular weight excluding hydrogens is 478 g/mol. The molecule has 4 aromatic rings. The molecule has 3 aromatic carbocycles. The Morgan fingerprint density at radius 3 is 2.55 bits per heavy atom. The van der Waals surface area contributed by atoms with Gasteiger partial charge < -0.3 is 10.6 Å². The van der Waals surface area contributed by atoms with Crippen molar-refractivity contribution in [3.05, 3.63) is 106 Å². The number of carbonyl (C=O) groups excluding carboxylic acids is 1. The van der Waals surface area contributed by atoms with Gasteiger partial charge in [0.15, 0.2) is 5.82 Å². The molecule has 0 saturated carbocycles. The average molecular weight is 500 g/mol. The fourth-order valence-electron chi connectivity index (χ4n) is 4.06. The third kappa shape index (κ3) is 4.19. The molecule has 33 heavy (non-hydrogen) atoms. The molecule has 2 heterocycles. The normalized spacial score (nSPS) is 15.1. The van der Waals surface area contributed by atoms with Crippen molar-refractivity contribution in [2.45, 2.75) is 19.9 Å². The lowest BCUT2D eigenvalue weighted by atomic mass is 9.95. The summed E-state index contributed by atoms with van der Waals surface area (Å²) in [7, 11) is 0. The number of amides is 1. The first-order valence-corrected chi connectivity index (χ1v) is 11.4. The Bertz CT molecular complexity index is 1380. The number of para-hydroxylation sites is 1. The monoisotopic (exact) mass is 499 g/mol. The van der Waals surface area contributed by atoms with Crippen LogP contribution in [0.2, 0.25) is 0 Å². The lowest BCUT2D eigenvalue weighted by Crippen LogP contribution is -2.31. The van der Waals surface area contributed by atoms with E-state index in [9.17, 15) is 4.79 Å². The van der Waals surface area contributed by atoms with Gasteiger partial charge in [0.1, 0.15) is 6.04 Å². The van der Waals surface area contributed by atoms with E-state index < -0.39 is 6.04 Å². The summed E-state index contributed by atoms with van der Waals surface area (Å²) in [5, 5.41) is 11.2. The van der Waals surface area contributed by atoms with Crippen LogP contribution in [0.25, 0.3) is 11.4 Å². The smallest absolute Gasteiger partial charge is 0.255 e. The van der Waals surface area contributed by atoms with Gasteiger partial charge in [-0.25, -0.2) is 4.68 Å². The van der Waals surface area contributed by atoms with Crippen molar-refractivity contribution >= 4 is 33.5 Å². The van der Waals surface area contributed by atoms with Crippen molar-refractivity contribution in [3.63, 3.8) is 0 Å². The van der Waals surface area contributed by atoms with Crippen LogP contribution in [0.15, 0.2) is 94.6 Å². The molecule has 1 aromatic heterocycles. The van der Waals surface area contributed by atoms with Crippen molar-refractivity contribution in [1.82, 2.24) is 14.8 Å². The fraction of sp³-hybridized carbons (Fsp3) is 0.115. The van der Waals surface area contributed by atoms with Crippen LogP contribution in [-0.2, 0) is 4.79 Å². The van der Waals surface area contributed by atoms with Gasteiger partial charge in [0.05, 0.1) is 5.57 Å². The maximum atomic E-state index is 13.5.